The van der Waals surface area contributed by atoms with Gasteiger partial charge in [0.2, 0.25) is 5.91 Å². The van der Waals surface area contributed by atoms with Crippen LogP contribution >= 0.6 is 0 Å². The van der Waals surface area contributed by atoms with E-state index in [1.54, 1.807) is 7.11 Å². The number of para-hydroxylation sites is 1. The largest absolute Gasteiger partial charge is 0.496 e. The molecule has 0 bridgehead atoms. The van der Waals surface area contributed by atoms with E-state index in [1.807, 2.05) is 38.1 Å². The molecule has 0 fully saturated rings. The third-order valence-corrected chi connectivity index (χ3v) is 3.51. The van der Waals surface area contributed by atoms with Gasteiger partial charge < -0.3 is 15.2 Å². The maximum Gasteiger partial charge on any atom is 0.326 e. The van der Waals surface area contributed by atoms with Crippen LogP contribution in [0.2, 0.25) is 0 Å². The molecular formula is C17H25NO4. The van der Waals surface area contributed by atoms with Gasteiger partial charge in [-0.3, -0.25) is 4.79 Å². The zero-order valence-corrected chi connectivity index (χ0v) is 13.5. The van der Waals surface area contributed by atoms with Gasteiger partial charge in [0.1, 0.15) is 11.8 Å². The van der Waals surface area contributed by atoms with Gasteiger partial charge in [-0.25, -0.2) is 4.79 Å². The topological polar surface area (TPSA) is 75.6 Å². The lowest BCUT2D eigenvalue weighted by atomic mass is 9.97. The standard InChI is InChI=1S/C17H25NO4/c1-4-7-14(17(20)21)18-16(19)11-12(2)10-13-8-5-6-9-15(13)22-3/h5-6,8-9,12,14H,4,7,10-11H2,1-3H3,(H,18,19)(H,20,21). The summed E-state index contributed by atoms with van der Waals surface area (Å²) in [4.78, 5) is 23.0. The van der Waals surface area contributed by atoms with Crippen LogP contribution in [0.25, 0.3) is 0 Å². The summed E-state index contributed by atoms with van der Waals surface area (Å²) in [6.45, 7) is 3.87. The molecule has 0 spiro atoms. The quantitative estimate of drug-likeness (QED) is 0.735. The highest BCUT2D eigenvalue weighted by atomic mass is 16.5. The van der Waals surface area contributed by atoms with Crippen LogP contribution in [0, 0.1) is 5.92 Å². The number of hydrogen-bond donors (Lipinski definition) is 2. The molecule has 5 heteroatoms. The minimum atomic E-state index is -0.979. The second-order valence-corrected chi connectivity index (χ2v) is 5.57. The molecule has 0 saturated carbocycles. The summed E-state index contributed by atoms with van der Waals surface area (Å²) in [5.41, 5.74) is 1.05. The van der Waals surface area contributed by atoms with Crippen molar-refractivity contribution >= 4 is 11.9 Å². The van der Waals surface area contributed by atoms with E-state index < -0.39 is 12.0 Å². The third kappa shape index (κ3) is 5.76. The fourth-order valence-corrected chi connectivity index (χ4v) is 2.43. The zero-order valence-electron chi connectivity index (χ0n) is 13.5. The summed E-state index contributed by atoms with van der Waals surface area (Å²) in [5.74, 6) is -0.285. The van der Waals surface area contributed by atoms with E-state index in [4.69, 9.17) is 9.84 Å². The summed E-state index contributed by atoms with van der Waals surface area (Å²) < 4.78 is 5.30. The fourth-order valence-electron chi connectivity index (χ4n) is 2.43. The number of hydrogen-bond acceptors (Lipinski definition) is 3. The number of methoxy groups -OCH3 is 1. The van der Waals surface area contributed by atoms with Crippen molar-refractivity contribution in [3.8, 4) is 5.75 Å². The van der Waals surface area contributed by atoms with Crippen molar-refractivity contribution < 1.29 is 19.4 Å². The molecule has 0 aliphatic carbocycles. The van der Waals surface area contributed by atoms with Crippen molar-refractivity contribution in [1.82, 2.24) is 5.32 Å². The number of rotatable bonds is 9. The summed E-state index contributed by atoms with van der Waals surface area (Å²) in [6, 6.07) is 6.92. The normalized spacial score (nSPS) is 13.2. The van der Waals surface area contributed by atoms with Crippen LogP contribution in [0.5, 0.6) is 5.75 Å². The van der Waals surface area contributed by atoms with Crippen molar-refractivity contribution in [3.05, 3.63) is 29.8 Å². The minimum absolute atomic E-state index is 0.104. The second kappa shape index (κ2) is 9.07. The predicted octanol–water partition coefficient (Wildman–Crippen LogP) is 2.63. The number of amides is 1. The van der Waals surface area contributed by atoms with Crippen LogP contribution in [0.4, 0.5) is 0 Å². The van der Waals surface area contributed by atoms with Gasteiger partial charge in [0.15, 0.2) is 0 Å². The van der Waals surface area contributed by atoms with Crippen molar-refractivity contribution in [2.45, 2.75) is 45.6 Å². The van der Waals surface area contributed by atoms with Gasteiger partial charge in [0.05, 0.1) is 7.11 Å². The average Bonchev–Trinajstić information content (AvgIpc) is 2.47. The van der Waals surface area contributed by atoms with Crippen molar-refractivity contribution in [2.75, 3.05) is 7.11 Å². The molecule has 2 atom stereocenters. The number of benzene rings is 1. The molecule has 2 unspecified atom stereocenters. The second-order valence-electron chi connectivity index (χ2n) is 5.57. The van der Waals surface area contributed by atoms with E-state index in [1.165, 1.54) is 0 Å². The first-order chi connectivity index (χ1) is 10.5. The van der Waals surface area contributed by atoms with Crippen LogP contribution in [-0.2, 0) is 16.0 Å². The number of nitrogens with one attached hydrogen (secondary N) is 1. The van der Waals surface area contributed by atoms with E-state index in [0.717, 1.165) is 11.3 Å². The highest BCUT2D eigenvalue weighted by Crippen LogP contribution is 2.22. The van der Waals surface area contributed by atoms with Crippen LogP contribution in [0.1, 0.15) is 38.7 Å². The summed E-state index contributed by atoms with van der Waals surface area (Å²) in [6.07, 6.45) is 2.17. The van der Waals surface area contributed by atoms with Gasteiger partial charge >= 0.3 is 5.97 Å². The fraction of sp³-hybridized carbons (Fsp3) is 0.529. The predicted molar refractivity (Wildman–Crippen MR) is 85.0 cm³/mol. The zero-order chi connectivity index (χ0) is 16.5. The molecule has 1 amide bonds. The lowest BCUT2D eigenvalue weighted by Crippen LogP contribution is -2.41. The SMILES string of the molecule is CCCC(NC(=O)CC(C)Cc1ccccc1OC)C(=O)O. The molecule has 0 aromatic heterocycles. The van der Waals surface area contributed by atoms with E-state index in [0.29, 0.717) is 25.7 Å². The Morgan fingerprint density at radius 2 is 2.00 bits per heavy atom. The molecule has 0 radical (unpaired) electrons. The van der Waals surface area contributed by atoms with Crippen LogP contribution in [0.3, 0.4) is 0 Å². The highest BCUT2D eigenvalue weighted by molar-refractivity contribution is 5.83. The number of carbonyl (C=O) groups excluding carboxylic acids is 1. The lowest BCUT2D eigenvalue weighted by molar-refractivity contribution is -0.142. The maximum absolute atomic E-state index is 12.0. The Kier molecular flexibility index (Phi) is 7.43. The van der Waals surface area contributed by atoms with Gasteiger partial charge in [-0.15, -0.1) is 0 Å². The van der Waals surface area contributed by atoms with Crippen molar-refractivity contribution in [2.24, 2.45) is 5.92 Å². The average molecular weight is 307 g/mol. The number of aliphatic carboxylic acids is 1. The van der Waals surface area contributed by atoms with Crippen molar-refractivity contribution in [3.63, 3.8) is 0 Å². The molecule has 0 saturated heterocycles. The number of carbonyl (C=O) groups is 2. The van der Waals surface area contributed by atoms with E-state index in [9.17, 15) is 9.59 Å². The maximum atomic E-state index is 12.0. The Hall–Kier alpha value is -2.04. The molecule has 0 aliphatic heterocycles. The highest BCUT2D eigenvalue weighted by Gasteiger charge is 2.20. The van der Waals surface area contributed by atoms with Gasteiger partial charge in [0, 0.05) is 6.42 Å². The molecule has 1 aromatic rings. The third-order valence-electron chi connectivity index (χ3n) is 3.51. The molecular weight excluding hydrogens is 282 g/mol. The first-order valence-electron chi connectivity index (χ1n) is 7.62. The lowest BCUT2D eigenvalue weighted by Gasteiger charge is -2.17. The Morgan fingerprint density at radius 3 is 2.59 bits per heavy atom. The van der Waals surface area contributed by atoms with Crippen LogP contribution in [-0.4, -0.2) is 30.1 Å². The molecule has 1 aromatic carbocycles. The van der Waals surface area contributed by atoms with Gasteiger partial charge in [-0.2, -0.15) is 0 Å². The molecule has 0 aliphatic rings. The Bertz CT molecular complexity index is 501. The number of carboxylic acids is 1. The Morgan fingerprint density at radius 1 is 1.32 bits per heavy atom. The smallest absolute Gasteiger partial charge is 0.326 e. The molecule has 0 heterocycles. The van der Waals surface area contributed by atoms with Crippen molar-refractivity contribution in [1.29, 1.82) is 0 Å². The van der Waals surface area contributed by atoms with Gasteiger partial charge in [0.25, 0.3) is 0 Å². The summed E-state index contributed by atoms with van der Waals surface area (Å²) in [5, 5.41) is 11.7. The van der Waals surface area contributed by atoms with E-state index in [-0.39, 0.29) is 11.8 Å². The summed E-state index contributed by atoms with van der Waals surface area (Å²) in [7, 11) is 1.62. The van der Waals surface area contributed by atoms with Gasteiger partial charge in [-0.1, -0.05) is 38.5 Å². The molecule has 2 N–H and O–H groups in total. The molecule has 122 valence electrons. The molecule has 22 heavy (non-hydrogen) atoms. The number of carboxylic acid groups (broad SMARTS) is 1. The van der Waals surface area contributed by atoms with E-state index in [2.05, 4.69) is 5.32 Å². The summed E-state index contributed by atoms with van der Waals surface area (Å²) >= 11 is 0. The molecule has 5 nitrogen and oxygen atoms in total. The molecule has 1 rings (SSSR count). The minimum Gasteiger partial charge on any atom is -0.496 e. The van der Waals surface area contributed by atoms with Crippen LogP contribution in [0.15, 0.2) is 24.3 Å². The first-order valence-corrected chi connectivity index (χ1v) is 7.62. The Balaban J connectivity index is 2.55. The number of ether oxygens (including phenoxy) is 1. The monoisotopic (exact) mass is 307 g/mol. The van der Waals surface area contributed by atoms with Crippen LogP contribution < -0.4 is 10.1 Å². The van der Waals surface area contributed by atoms with Gasteiger partial charge in [-0.05, 0) is 30.4 Å². The van der Waals surface area contributed by atoms with E-state index >= 15 is 0 Å². The Labute approximate surface area is 131 Å². The first kappa shape index (κ1) is 18.0.